The SMILES string of the molecule is CC(C)C(CNc1cccc(C(=O)O)c1)C(C)C. The minimum Gasteiger partial charge on any atom is -0.478 e. The highest BCUT2D eigenvalue weighted by Gasteiger charge is 2.17. The smallest absolute Gasteiger partial charge is 0.335 e. The van der Waals surface area contributed by atoms with Crippen LogP contribution in [0.2, 0.25) is 0 Å². The Bertz CT molecular complexity index is 391. The van der Waals surface area contributed by atoms with E-state index in [-0.39, 0.29) is 0 Å². The first-order chi connectivity index (χ1) is 8.41. The van der Waals surface area contributed by atoms with Crippen molar-refractivity contribution in [3.05, 3.63) is 29.8 Å². The molecule has 100 valence electrons. The van der Waals surface area contributed by atoms with Crippen molar-refractivity contribution >= 4 is 11.7 Å². The summed E-state index contributed by atoms with van der Waals surface area (Å²) in [7, 11) is 0. The zero-order chi connectivity index (χ0) is 13.7. The Balaban J connectivity index is 2.67. The van der Waals surface area contributed by atoms with Crippen LogP contribution in [-0.4, -0.2) is 17.6 Å². The molecule has 0 heterocycles. The van der Waals surface area contributed by atoms with Gasteiger partial charge in [0.1, 0.15) is 0 Å². The lowest BCUT2D eigenvalue weighted by molar-refractivity contribution is 0.0697. The summed E-state index contributed by atoms with van der Waals surface area (Å²) in [6.45, 7) is 9.76. The van der Waals surface area contributed by atoms with Gasteiger partial charge < -0.3 is 10.4 Å². The van der Waals surface area contributed by atoms with Gasteiger partial charge in [-0.3, -0.25) is 0 Å². The molecule has 2 N–H and O–H groups in total. The summed E-state index contributed by atoms with van der Waals surface area (Å²) in [5.41, 5.74) is 1.20. The van der Waals surface area contributed by atoms with Crippen LogP contribution < -0.4 is 5.32 Å². The van der Waals surface area contributed by atoms with Gasteiger partial charge in [0.2, 0.25) is 0 Å². The van der Waals surface area contributed by atoms with Crippen molar-refractivity contribution in [1.29, 1.82) is 0 Å². The Morgan fingerprint density at radius 1 is 1.22 bits per heavy atom. The maximum Gasteiger partial charge on any atom is 0.335 e. The van der Waals surface area contributed by atoms with Crippen LogP contribution in [0.25, 0.3) is 0 Å². The predicted molar refractivity (Wildman–Crippen MR) is 75.1 cm³/mol. The monoisotopic (exact) mass is 249 g/mol. The number of aromatic carboxylic acids is 1. The molecule has 0 aliphatic rings. The first-order valence-corrected chi connectivity index (χ1v) is 6.49. The third-order valence-corrected chi connectivity index (χ3v) is 3.36. The third-order valence-electron chi connectivity index (χ3n) is 3.36. The van der Waals surface area contributed by atoms with E-state index in [2.05, 4.69) is 33.0 Å². The fraction of sp³-hybridized carbons (Fsp3) is 0.533. The second kappa shape index (κ2) is 6.43. The number of carbonyl (C=O) groups is 1. The van der Waals surface area contributed by atoms with E-state index in [1.807, 2.05) is 6.07 Å². The largest absolute Gasteiger partial charge is 0.478 e. The predicted octanol–water partition coefficient (Wildman–Crippen LogP) is 3.72. The second-order valence-corrected chi connectivity index (χ2v) is 5.42. The summed E-state index contributed by atoms with van der Waals surface area (Å²) in [6, 6.07) is 6.96. The van der Waals surface area contributed by atoms with Gasteiger partial charge >= 0.3 is 5.97 Å². The molecule has 3 heteroatoms. The molecule has 18 heavy (non-hydrogen) atoms. The maximum absolute atomic E-state index is 10.9. The molecule has 1 aromatic carbocycles. The van der Waals surface area contributed by atoms with E-state index < -0.39 is 5.97 Å². The molecule has 0 amide bonds. The van der Waals surface area contributed by atoms with Crippen LogP contribution in [0.1, 0.15) is 38.1 Å². The summed E-state index contributed by atoms with van der Waals surface area (Å²) < 4.78 is 0. The lowest BCUT2D eigenvalue weighted by Crippen LogP contribution is -2.24. The number of carboxylic acids is 1. The van der Waals surface area contributed by atoms with E-state index >= 15 is 0 Å². The Hall–Kier alpha value is -1.51. The summed E-state index contributed by atoms with van der Waals surface area (Å²) in [5.74, 6) is 0.918. The van der Waals surface area contributed by atoms with Gasteiger partial charge in [0, 0.05) is 12.2 Å². The van der Waals surface area contributed by atoms with Crippen LogP contribution in [0.3, 0.4) is 0 Å². The number of hydrogen-bond donors (Lipinski definition) is 2. The highest BCUT2D eigenvalue weighted by atomic mass is 16.4. The lowest BCUT2D eigenvalue weighted by atomic mass is 9.85. The molecule has 0 unspecified atom stereocenters. The summed E-state index contributed by atoms with van der Waals surface area (Å²) in [4.78, 5) is 10.9. The Labute approximate surface area is 109 Å². The molecule has 0 bridgehead atoms. The van der Waals surface area contributed by atoms with Crippen molar-refractivity contribution in [2.24, 2.45) is 17.8 Å². The average Bonchev–Trinajstić information content (AvgIpc) is 2.28. The van der Waals surface area contributed by atoms with E-state index in [1.165, 1.54) is 0 Å². The highest BCUT2D eigenvalue weighted by Crippen LogP contribution is 2.21. The number of carboxylic acid groups (broad SMARTS) is 1. The van der Waals surface area contributed by atoms with Gasteiger partial charge in [0.25, 0.3) is 0 Å². The van der Waals surface area contributed by atoms with Crippen molar-refractivity contribution in [2.45, 2.75) is 27.7 Å². The molecule has 0 spiro atoms. The molecule has 0 aliphatic heterocycles. The van der Waals surface area contributed by atoms with E-state index in [4.69, 9.17) is 5.11 Å². The molecule has 3 nitrogen and oxygen atoms in total. The molecule has 0 fully saturated rings. The molecule has 1 rings (SSSR count). The fourth-order valence-electron chi connectivity index (χ4n) is 2.24. The first-order valence-electron chi connectivity index (χ1n) is 6.49. The number of hydrogen-bond acceptors (Lipinski definition) is 2. The number of anilines is 1. The van der Waals surface area contributed by atoms with Gasteiger partial charge in [0.05, 0.1) is 5.56 Å². The first kappa shape index (κ1) is 14.6. The second-order valence-electron chi connectivity index (χ2n) is 5.42. The van der Waals surface area contributed by atoms with Gasteiger partial charge in [-0.05, 0) is 36.0 Å². The molecule has 0 radical (unpaired) electrons. The van der Waals surface area contributed by atoms with Crippen molar-refractivity contribution < 1.29 is 9.90 Å². The minimum atomic E-state index is -0.886. The van der Waals surface area contributed by atoms with Gasteiger partial charge in [-0.25, -0.2) is 4.79 Å². The van der Waals surface area contributed by atoms with Crippen molar-refractivity contribution in [2.75, 3.05) is 11.9 Å². The van der Waals surface area contributed by atoms with Crippen LogP contribution in [0, 0.1) is 17.8 Å². The van der Waals surface area contributed by atoms with Crippen LogP contribution in [0.15, 0.2) is 24.3 Å². The molecule has 0 aromatic heterocycles. The normalized spacial score (nSPS) is 11.3. The van der Waals surface area contributed by atoms with Crippen molar-refractivity contribution in [3.8, 4) is 0 Å². The van der Waals surface area contributed by atoms with Gasteiger partial charge in [-0.1, -0.05) is 33.8 Å². The van der Waals surface area contributed by atoms with E-state index in [0.29, 0.717) is 23.3 Å². The van der Waals surface area contributed by atoms with Crippen LogP contribution in [-0.2, 0) is 0 Å². The van der Waals surface area contributed by atoms with Crippen molar-refractivity contribution in [1.82, 2.24) is 0 Å². The van der Waals surface area contributed by atoms with Gasteiger partial charge in [-0.2, -0.15) is 0 Å². The maximum atomic E-state index is 10.9. The molecule has 1 aromatic rings. The Morgan fingerprint density at radius 3 is 2.33 bits per heavy atom. The molecule has 0 saturated heterocycles. The van der Waals surface area contributed by atoms with E-state index in [1.54, 1.807) is 18.2 Å². The van der Waals surface area contributed by atoms with Gasteiger partial charge in [-0.15, -0.1) is 0 Å². The van der Waals surface area contributed by atoms with Crippen LogP contribution >= 0.6 is 0 Å². The average molecular weight is 249 g/mol. The van der Waals surface area contributed by atoms with Crippen LogP contribution in [0.4, 0.5) is 5.69 Å². The molecule has 0 saturated carbocycles. The van der Waals surface area contributed by atoms with Crippen molar-refractivity contribution in [3.63, 3.8) is 0 Å². The Kier molecular flexibility index (Phi) is 5.20. The quantitative estimate of drug-likeness (QED) is 0.807. The molecule has 0 aliphatic carbocycles. The third kappa shape index (κ3) is 4.06. The standard InChI is InChI=1S/C15H23NO2/c1-10(2)14(11(3)4)9-16-13-7-5-6-12(8-13)15(17)18/h5-8,10-11,14,16H,9H2,1-4H3,(H,17,18). The van der Waals surface area contributed by atoms with E-state index in [9.17, 15) is 4.79 Å². The summed E-state index contributed by atoms with van der Waals surface area (Å²) in [6.07, 6.45) is 0. The van der Waals surface area contributed by atoms with Gasteiger partial charge in [0.15, 0.2) is 0 Å². The fourth-order valence-corrected chi connectivity index (χ4v) is 2.24. The van der Waals surface area contributed by atoms with E-state index in [0.717, 1.165) is 12.2 Å². The number of benzene rings is 1. The summed E-state index contributed by atoms with van der Waals surface area (Å²) >= 11 is 0. The lowest BCUT2D eigenvalue weighted by Gasteiger charge is -2.25. The van der Waals surface area contributed by atoms with Crippen LogP contribution in [0.5, 0.6) is 0 Å². The molecular formula is C15H23NO2. The number of nitrogens with one attached hydrogen (secondary N) is 1. The topological polar surface area (TPSA) is 49.3 Å². The zero-order valence-corrected chi connectivity index (χ0v) is 11.6. The molecular weight excluding hydrogens is 226 g/mol. The molecule has 0 atom stereocenters. The minimum absolute atomic E-state index is 0.325. The summed E-state index contributed by atoms with van der Waals surface area (Å²) in [5, 5.41) is 12.3. The Morgan fingerprint density at radius 2 is 1.83 bits per heavy atom. The number of rotatable bonds is 6. The zero-order valence-electron chi connectivity index (χ0n) is 11.6. The highest BCUT2D eigenvalue weighted by molar-refractivity contribution is 5.88.